The molecule has 0 bridgehead atoms. The van der Waals surface area contributed by atoms with Gasteiger partial charge in [-0.2, -0.15) is 0 Å². The zero-order valence-corrected chi connectivity index (χ0v) is 17.9. The van der Waals surface area contributed by atoms with Gasteiger partial charge in [0.15, 0.2) is 0 Å². The molecule has 1 aromatic rings. The standard InChI is InChI=1S/C21H35N5O3/c1-4-13-28-21(27)24-14-18(26(3)23)20(22)17-11-12-19(16(5-2)25-17)29-15-9-7-6-8-10-15/h11-12,15H,4-10,13-14,22-23H2,1-3H3,(H,24,27)/b20-18-. The number of likely N-dealkylation sites (N-methyl/N-ethyl adjacent to an activating group) is 1. The second kappa shape index (κ2) is 11.5. The number of aryl methyl sites for hydroxylation is 1. The lowest BCUT2D eigenvalue weighted by Gasteiger charge is -2.24. The molecule has 0 saturated heterocycles. The maximum Gasteiger partial charge on any atom is 0.407 e. The molecule has 0 aliphatic heterocycles. The Kier molecular flexibility index (Phi) is 9.05. The van der Waals surface area contributed by atoms with Gasteiger partial charge in [0.25, 0.3) is 0 Å². The van der Waals surface area contributed by atoms with Crippen LogP contribution in [0.2, 0.25) is 0 Å². The van der Waals surface area contributed by atoms with E-state index >= 15 is 0 Å². The highest BCUT2D eigenvalue weighted by molar-refractivity contribution is 5.69. The van der Waals surface area contributed by atoms with Gasteiger partial charge in [0, 0.05) is 7.05 Å². The zero-order valence-electron chi connectivity index (χ0n) is 17.9. The van der Waals surface area contributed by atoms with E-state index in [0.717, 1.165) is 37.1 Å². The summed E-state index contributed by atoms with van der Waals surface area (Å²) >= 11 is 0. The van der Waals surface area contributed by atoms with Crippen LogP contribution in [0.25, 0.3) is 5.70 Å². The van der Waals surface area contributed by atoms with E-state index in [9.17, 15) is 4.79 Å². The molecule has 2 rings (SSSR count). The molecule has 1 heterocycles. The van der Waals surface area contributed by atoms with Crippen molar-refractivity contribution in [1.82, 2.24) is 15.3 Å². The fourth-order valence-electron chi connectivity index (χ4n) is 3.32. The summed E-state index contributed by atoms with van der Waals surface area (Å²) in [6.07, 6.45) is 7.15. The monoisotopic (exact) mass is 405 g/mol. The lowest BCUT2D eigenvalue weighted by atomic mass is 9.98. The first-order valence-corrected chi connectivity index (χ1v) is 10.5. The van der Waals surface area contributed by atoms with Crippen molar-refractivity contribution in [2.45, 2.75) is 64.9 Å². The Morgan fingerprint density at radius 3 is 2.62 bits per heavy atom. The van der Waals surface area contributed by atoms with E-state index in [1.807, 2.05) is 26.0 Å². The van der Waals surface area contributed by atoms with Crippen molar-refractivity contribution in [2.75, 3.05) is 20.2 Å². The number of nitrogens with zero attached hydrogens (tertiary/aromatic N) is 2. The highest BCUT2D eigenvalue weighted by Gasteiger charge is 2.18. The molecule has 0 radical (unpaired) electrons. The SMILES string of the molecule is CCCOC(=O)NC/C(=C(/N)c1ccc(OC2CCCCC2)c(CC)n1)N(C)N. The summed E-state index contributed by atoms with van der Waals surface area (Å²) in [6, 6.07) is 3.77. The summed E-state index contributed by atoms with van der Waals surface area (Å²) in [5.41, 5.74) is 8.78. The summed E-state index contributed by atoms with van der Waals surface area (Å²) in [5, 5.41) is 4.05. The largest absolute Gasteiger partial charge is 0.489 e. The van der Waals surface area contributed by atoms with Crippen LogP contribution in [0.1, 0.15) is 63.8 Å². The first-order chi connectivity index (χ1) is 14.0. The second-order valence-corrected chi connectivity index (χ2v) is 7.33. The number of aromatic nitrogens is 1. The average Bonchev–Trinajstić information content (AvgIpc) is 2.73. The Bertz CT molecular complexity index is 700. The number of nitrogens with two attached hydrogens (primary N) is 2. The number of hydrazine groups is 1. The van der Waals surface area contributed by atoms with Gasteiger partial charge in [-0.3, -0.25) is 0 Å². The van der Waals surface area contributed by atoms with Crippen LogP contribution < -0.4 is 21.6 Å². The van der Waals surface area contributed by atoms with Crippen molar-refractivity contribution in [2.24, 2.45) is 11.6 Å². The second-order valence-electron chi connectivity index (χ2n) is 7.33. The summed E-state index contributed by atoms with van der Waals surface area (Å²) in [5.74, 6) is 6.76. The molecule has 0 aromatic carbocycles. The van der Waals surface area contributed by atoms with Gasteiger partial charge >= 0.3 is 6.09 Å². The molecule has 0 unspecified atom stereocenters. The Hall–Kier alpha value is -2.48. The molecule has 8 nitrogen and oxygen atoms in total. The van der Waals surface area contributed by atoms with Gasteiger partial charge in [-0.05, 0) is 50.7 Å². The Morgan fingerprint density at radius 2 is 2.00 bits per heavy atom. The van der Waals surface area contributed by atoms with Crippen LogP contribution in [0.5, 0.6) is 5.75 Å². The molecule has 8 heteroatoms. The van der Waals surface area contributed by atoms with Crippen LogP contribution in [0, 0.1) is 0 Å². The highest BCUT2D eigenvalue weighted by atomic mass is 16.5. The van der Waals surface area contributed by atoms with Gasteiger partial charge < -0.3 is 25.5 Å². The fraction of sp³-hybridized carbons (Fsp3) is 0.619. The molecule has 0 spiro atoms. The molecule has 1 aromatic heterocycles. The van der Waals surface area contributed by atoms with Crippen molar-refractivity contribution >= 4 is 11.8 Å². The van der Waals surface area contributed by atoms with E-state index < -0.39 is 6.09 Å². The molecular weight excluding hydrogens is 370 g/mol. The molecule has 29 heavy (non-hydrogen) atoms. The van der Waals surface area contributed by atoms with Gasteiger partial charge in [-0.15, -0.1) is 0 Å². The normalized spacial score (nSPS) is 15.4. The molecule has 1 amide bonds. The topological polar surface area (TPSA) is 116 Å². The Labute approximate surface area is 173 Å². The minimum Gasteiger partial charge on any atom is -0.489 e. The fourth-order valence-corrected chi connectivity index (χ4v) is 3.32. The van der Waals surface area contributed by atoms with Crippen molar-refractivity contribution in [1.29, 1.82) is 0 Å². The molecule has 5 N–H and O–H groups in total. The zero-order chi connectivity index (χ0) is 21.2. The minimum absolute atomic E-state index is 0.144. The third-order valence-corrected chi connectivity index (χ3v) is 4.96. The van der Waals surface area contributed by atoms with Crippen molar-refractivity contribution in [3.8, 4) is 5.75 Å². The van der Waals surface area contributed by atoms with E-state index in [1.54, 1.807) is 7.05 Å². The van der Waals surface area contributed by atoms with Gasteiger partial charge in [-0.25, -0.2) is 15.6 Å². The van der Waals surface area contributed by atoms with Crippen molar-refractivity contribution in [3.05, 3.63) is 29.2 Å². The van der Waals surface area contributed by atoms with E-state index in [0.29, 0.717) is 23.7 Å². The highest BCUT2D eigenvalue weighted by Crippen LogP contribution is 2.27. The maximum absolute atomic E-state index is 11.7. The Balaban J connectivity index is 2.16. The van der Waals surface area contributed by atoms with Crippen LogP contribution in [0.4, 0.5) is 4.79 Å². The molecule has 1 aliphatic carbocycles. The first kappa shape index (κ1) is 22.8. The number of rotatable bonds is 9. The van der Waals surface area contributed by atoms with Gasteiger partial charge in [0.2, 0.25) is 0 Å². The maximum atomic E-state index is 11.7. The first-order valence-electron chi connectivity index (χ1n) is 10.5. The van der Waals surface area contributed by atoms with Gasteiger partial charge in [0.05, 0.1) is 42.0 Å². The summed E-state index contributed by atoms with van der Waals surface area (Å²) < 4.78 is 11.2. The molecule has 162 valence electrons. The van der Waals surface area contributed by atoms with Crippen molar-refractivity contribution in [3.63, 3.8) is 0 Å². The van der Waals surface area contributed by atoms with E-state index in [4.69, 9.17) is 26.0 Å². The number of carbonyl (C=O) groups excluding carboxylic acids is 1. The molecule has 0 atom stereocenters. The van der Waals surface area contributed by atoms with E-state index in [2.05, 4.69) is 5.32 Å². The smallest absolute Gasteiger partial charge is 0.407 e. The number of pyridine rings is 1. The molecule has 1 saturated carbocycles. The van der Waals surface area contributed by atoms with Crippen LogP contribution in [-0.2, 0) is 11.2 Å². The number of nitrogens with one attached hydrogen (secondary N) is 1. The molecule has 1 fully saturated rings. The van der Waals surface area contributed by atoms with Crippen LogP contribution in [0.15, 0.2) is 17.8 Å². The van der Waals surface area contributed by atoms with Crippen LogP contribution in [0.3, 0.4) is 0 Å². The van der Waals surface area contributed by atoms with Crippen molar-refractivity contribution < 1.29 is 14.3 Å². The third kappa shape index (κ3) is 6.81. The number of ether oxygens (including phenoxy) is 2. The minimum atomic E-state index is -0.502. The van der Waals surface area contributed by atoms with E-state index in [-0.39, 0.29) is 12.6 Å². The number of hydrogen-bond donors (Lipinski definition) is 3. The Morgan fingerprint density at radius 1 is 1.28 bits per heavy atom. The lowest BCUT2D eigenvalue weighted by Crippen LogP contribution is -2.36. The lowest BCUT2D eigenvalue weighted by molar-refractivity contribution is 0.146. The van der Waals surface area contributed by atoms with Crippen LogP contribution in [-0.4, -0.2) is 42.4 Å². The van der Waals surface area contributed by atoms with E-state index in [1.165, 1.54) is 24.3 Å². The molecular formula is C21H35N5O3. The number of alkyl carbamates (subject to hydrolysis) is 1. The summed E-state index contributed by atoms with van der Waals surface area (Å²) in [6.45, 7) is 4.48. The van der Waals surface area contributed by atoms with Crippen LogP contribution >= 0.6 is 0 Å². The van der Waals surface area contributed by atoms with Gasteiger partial charge in [0.1, 0.15) is 5.75 Å². The summed E-state index contributed by atoms with van der Waals surface area (Å²) in [7, 11) is 1.67. The predicted molar refractivity (Wildman–Crippen MR) is 114 cm³/mol. The third-order valence-electron chi connectivity index (χ3n) is 4.96. The quantitative estimate of drug-likeness (QED) is 0.427. The predicted octanol–water partition coefficient (Wildman–Crippen LogP) is 2.92. The number of amides is 1. The average molecular weight is 406 g/mol. The summed E-state index contributed by atoms with van der Waals surface area (Å²) in [4.78, 5) is 16.4. The molecule has 1 aliphatic rings. The number of hydrogen-bond acceptors (Lipinski definition) is 7. The number of carbonyl (C=O) groups is 1. The van der Waals surface area contributed by atoms with Gasteiger partial charge in [-0.1, -0.05) is 20.3 Å².